The lowest BCUT2D eigenvalue weighted by atomic mass is 10.1. The van der Waals surface area contributed by atoms with E-state index in [1.54, 1.807) is 14.0 Å². The van der Waals surface area contributed by atoms with Gasteiger partial charge in [0.2, 0.25) is 10.0 Å². The van der Waals surface area contributed by atoms with E-state index in [2.05, 4.69) is 9.97 Å². The number of carbonyl (C=O) groups excluding carboxylic acids is 1. The lowest BCUT2D eigenvalue weighted by Gasteiger charge is -2.08. The molecule has 3 aromatic rings. The summed E-state index contributed by atoms with van der Waals surface area (Å²) < 4.78 is 31.4. The molecule has 0 atom stereocenters. The van der Waals surface area contributed by atoms with Gasteiger partial charge in [-0.15, -0.1) is 0 Å². The zero-order valence-electron chi connectivity index (χ0n) is 17.3. The number of primary sulfonamides is 1. The van der Waals surface area contributed by atoms with Gasteiger partial charge in [-0.1, -0.05) is 19.4 Å². The summed E-state index contributed by atoms with van der Waals surface area (Å²) >= 11 is 0. The van der Waals surface area contributed by atoms with E-state index >= 15 is 0 Å². The van der Waals surface area contributed by atoms with Gasteiger partial charge in [-0.2, -0.15) is 0 Å². The molecule has 166 valence electrons. The van der Waals surface area contributed by atoms with E-state index in [1.165, 1.54) is 21.3 Å². The van der Waals surface area contributed by atoms with Crippen LogP contribution in [-0.2, 0) is 35.0 Å². The lowest BCUT2D eigenvalue weighted by Crippen LogP contribution is -2.31. The molecule has 0 saturated heterocycles. The predicted molar refractivity (Wildman–Crippen MR) is 112 cm³/mol. The van der Waals surface area contributed by atoms with Crippen LogP contribution < -0.4 is 16.4 Å². The third kappa shape index (κ3) is 4.44. The van der Waals surface area contributed by atoms with Gasteiger partial charge in [-0.25, -0.2) is 28.1 Å². The van der Waals surface area contributed by atoms with E-state index < -0.39 is 27.2 Å². The van der Waals surface area contributed by atoms with Gasteiger partial charge in [0.05, 0.1) is 10.5 Å². The highest BCUT2D eigenvalue weighted by atomic mass is 32.2. The number of H-pyrrole nitrogens is 1. The van der Waals surface area contributed by atoms with Gasteiger partial charge in [0.1, 0.15) is 12.4 Å². The molecular weight excluding hydrogens is 426 g/mol. The molecule has 3 N–H and O–H groups in total. The van der Waals surface area contributed by atoms with Gasteiger partial charge in [0.15, 0.2) is 11.2 Å². The number of rotatable bonds is 7. The Balaban J connectivity index is 1.92. The quantitative estimate of drug-likeness (QED) is 0.498. The van der Waals surface area contributed by atoms with Gasteiger partial charge >= 0.3 is 11.7 Å². The van der Waals surface area contributed by atoms with Gasteiger partial charge in [-0.3, -0.25) is 14.3 Å². The highest BCUT2D eigenvalue weighted by Gasteiger charge is 2.19. The maximum Gasteiger partial charge on any atom is 0.338 e. The number of esters is 1. The fourth-order valence-corrected chi connectivity index (χ4v) is 4.00. The number of sulfonamides is 1. The maximum absolute atomic E-state index is 12.4. The normalized spacial score (nSPS) is 11.7. The van der Waals surface area contributed by atoms with Crippen molar-refractivity contribution in [1.82, 2.24) is 19.1 Å². The molecule has 31 heavy (non-hydrogen) atoms. The van der Waals surface area contributed by atoms with Crippen molar-refractivity contribution in [3.63, 3.8) is 0 Å². The van der Waals surface area contributed by atoms with E-state index in [9.17, 15) is 22.8 Å². The summed E-state index contributed by atoms with van der Waals surface area (Å²) in [5.74, 6) is -0.530. The Morgan fingerprint density at radius 3 is 2.65 bits per heavy atom. The molecule has 2 heterocycles. The number of hydrogen-bond acceptors (Lipinski definition) is 7. The topological polar surface area (TPSA) is 159 Å². The minimum absolute atomic E-state index is 0.00564. The maximum atomic E-state index is 12.4. The first-order chi connectivity index (χ1) is 14.5. The zero-order chi connectivity index (χ0) is 22.9. The number of aromatic amines is 1. The molecule has 0 saturated carbocycles. The smallest absolute Gasteiger partial charge is 0.338 e. The average Bonchev–Trinajstić information content (AvgIpc) is 3.02. The number of hydrogen-bond donors (Lipinski definition) is 2. The Bertz CT molecular complexity index is 1380. The van der Waals surface area contributed by atoms with Crippen molar-refractivity contribution in [1.29, 1.82) is 0 Å². The van der Waals surface area contributed by atoms with Crippen LogP contribution in [0.15, 0.2) is 32.7 Å². The van der Waals surface area contributed by atoms with Gasteiger partial charge in [0.25, 0.3) is 5.56 Å². The van der Waals surface area contributed by atoms with E-state index in [0.717, 1.165) is 18.9 Å². The summed E-state index contributed by atoms with van der Waals surface area (Å²) in [6.45, 7) is 3.63. The number of ether oxygens (including phenoxy) is 1. The summed E-state index contributed by atoms with van der Waals surface area (Å²) in [5.41, 5.74) is -0.333. The third-order valence-corrected chi connectivity index (χ3v) is 5.96. The number of aromatic nitrogens is 4. The molecule has 1 aromatic carbocycles. The standard InChI is InChI=1S/C19H23N5O6S/c1-4-5-8-24-16-15(17(25)22-19(24)27)23(3)14(21-16)10-30-18(26)12-7-6-11(2)13(9-12)31(20,28)29/h6-7,9H,4-5,8,10H2,1-3H3,(H2,20,28,29)(H,22,25,27). The Kier molecular flexibility index (Phi) is 6.13. The van der Waals surface area contributed by atoms with E-state index in [1.807, 2.05) is 6.92 Å². The molecular formula is C19H23N5O6S. The highest BCUT2D eigenvalue weighted by Crippen LogP contribution is 2.17. The molecule has 0 aliphatic heterocycles. The van der Waals surface area contributed by atoms with Crippen LogP contribution in [0.4, 0.5) is 0 Å². The first-order valence-electron chi connectivity index (χ1n) is 9.53. The van der Waals surface area contributed by atoms with Crippen LogP contribution in [0.2, 0.25) is 0 Å². The Labute approximate surface area is 177 Å². The van der Waals surface area contributed by atoms with Gasteiger partial charge < -0.3 is 9.30 Å². The van der Waals surface area contributed by atoms with E-state index in [0.29, 0.717) is 12.1 Å². The Morgan fingerprint density at radius 2 is 2.00 bits per heavy atom. The fourth-order valence-electron chi connectivity index (χ4n) is 3.19. The molecule has 0 aliphatic carbocycles. The van der Waals surface area contributed by atoms with Crippen LogP contribution in [0.25, 0.3) is 11.2 Å². The van der Waals surface area contributed by atoms with Crippen molar-refractivity contribution in [3.05, 3.63) is 56.0 Å². The Hall–Kier alpha value is -3.25. The number of unbranched alkanes of at least 4 members (excludes halogenated alkanes) is 1. The summed E-state index contributed by atoms with van der Waals surface area (Å²) in [6.07, 6.45) is 1.57. The molecule has 0 radical (unpaired) electrons. The number of benzene rings is 1. The largest absolute Gasteiger partial charge is 0.454 e. The molecule has 3 rings (SSSR count). The second kappa shape index (κ2) is 8.47. The Morgan fingerprint density at radius 1 is 1.29 bits per heavy atom. The number of fused-ring (bicyclic) bond motifs is 1. The molecule has 0 unspecified atom stereocenters. The second-order valence-corrected chi connectivity index (χ2v) is 8.65. The van der Waals surface area contributed by atoms with Crippen molar-refractivity contribution in [2.45, 2.75) is 44.7 Å². The van der Waals surface area contributed by atoms with Gasteiger partial charge in [-0.05, 0) is 31.0 Å². The third-order valence-electron chi connectivity index (χ3n) is 4.90. The van der Waals surface area contributed by atoms with Crippen LogP contribution in [0.3, 0.4) is 0 Å². The first kappa shape index (κ1) is 22.4. The van der Waals surface area contributed by atoms with E-state index in [-0.39, 0.29) is 34.1 Å². The van der Waals surface area contributed by atoms with Gasteiger partial charge in [0, 0.05) is 13.6 Å². The summed E-state index contributed by atoms with van der Waals surface area (Å²) in [6, 6.07) is 4.03. The second-order valence-electron chi connectivity index (χ2n) is 7.13. The number of imidazole rings is 1. The van der Waals surface area contributed by atoms with Crippen LogP contribution in [-0.4, -0.2) is 33.5 Å². The van der Waals surface area contributed by atoms with E-state index in [4.69, 9.17) is 9.88 Å². The average molecular weight is 449 g/mol. The van der Waals surface area contributed by atoms with Crippen LogP contribution in [0, 0.1) is 6.92 Å². The zero-order valence-corrected chi connectivity index (χ0v) is 18.2. The van der Waals surface area contributed by atoms with Crippen molar-refractivity contribution in [3.8, 4) is 0 Å². The number of aryl methyl sites for hydroxylation is 3. The van der Waals surface area contributed by atoms with Crippen LogP contribution in [0.1, 0.15) is 41.5 Å². The monoisotopic (exact) mass is 449 g/mol. The molecule has 0 bridgehead atoms. The first-order valence-corrected chi connectivity index (χ1v) is 11.1. The molecule has 0 spiro atoms. The predicted octanol–water partition coefficient (Wildman–Crippen LogP) is 0.536. The molecule has 0 aliphatic rings. The lowest BCUT2D eigenvalue weighted by molar-refractivity contribution is 0.0459. The molecule has 2 aromatic heterocycles. The number of nitrogens with two attached hydrogens (primary N) is 1. The van der Waals surface area contributed by atoms with Crippen molar-refractivity contribution < 1.29 is 17.9 Å². The number of nitrogens with one attached hydrogen (secondary N) is 1. The molecule has 12 heteroatoms. The highest BCUT2D eigenvalue weighted by molar-refractivity contribution is 7.89. The molecule has 11 nitrogen and oxygen atoms in total. The SMILES string of the molecule is CCCCn1c(=O)[nH]c(=O)c2c1nc(COC(=O)c1ccc(C)c(S(N)(=O)=O)c1)n2C. The van der Waals surface area contributed by atoms with Crippen LogP contribution >= 0.6 is 0 Å². The molecule has 0 fully saturated rings. The minimum Gasteiger partial charge on any atom is -0.454 e. The minimum atomic E-state index is -4.00. The van der Waals surface area contributed by atoms with Crippen molar-refractivity contribution in [2.75, 3.05) is 0 Å². The van der Waals surface area contributed by atoms with Crippen molar-refractivity contribution in [2.24, 2.45) is 12.2 Å². The number of carbonyl (C=O) groups is 1. The van der Waals surface area contributed by atoms with Crippen LogP contribution in [0.5, 0.6) is 0 Å². The summed E-state index contributed by atoms with van der Waals surface area (Å²) in [7, 11) is -2.42. The summed E-state index contributed by atoms with van der Waals surface area (Å²) in [5, 5.41) is 5.18. The summed E-state index contributed by atoms with van der Waals surface area (Å²) in [4.78, 5) is 43.3. The molecule has 0 amide bonds. The van der Waals surface area contributed by atoms with Crippen molar-refractivity contribution >= 4 is 27.2 Å². The fraction of sp³-hybridized carbons (Fsp3) is 0.368. The number of nitrogens with zero attached hydrogens (tertiary/aromatic N) is 3.